The molecule has 0 saturated heterocycles. The van der Waals surface area contributed by atoms with Gasteiger partial charge in [-0.3, -0.25) is 9.36 Å². The van der Waals surface area contributed by atoms with Gasteiger partial charge in [0.25, 0.3) is 0 Å². The molecule has 4 aromatic rings. The number of aromatic nitrogens is 8. The Morgan fingerprint density at radius 3 is 1.63 bits per heavy atom. The van der Waals surface area contributed by atoms with Crippen LogP contribution in [0.4, 0.5) is 0 Å². The largest absolute Gasteiger partial charge is 0.390 e. The second-order valence-electron chi connectivity index (χ2n) is 7.72. The zero-order valence-electron chi connectivity index (χ0n) is 21.6. The van der Waals surface area contributed by atoms with E-state index in [9.17, 15) is 0 Å². The summed E-state index contributed by atoms with van der Waals surface area (Å²) in [6.07, 6.45) is 5.03. The van der Waals surface area contributed by atoms with Crippen LogP contribution in [0.1, 0.15) is 40.0 Å². The van der Waals surface area contributed by atoms with Gasteiger partial charge in [0, 0.05) is 34.4 Å². The number of aryl methyl sites for hydroxylation is 6. The molecule has 0 aromatic carbocycles. The van der Waals surface area contributed by atoms with Crippen molar-refractivity contribution in [2.75, 3.05) is 0 Å². The van der Waals surface area contributed by atoms with E-state index in [2.05, 4.69) is 20.2 Å². The standard InChI is InChI=1S/3C6H10N2O.C5H8N2O/c1-5-6(3-9)8(2)4-7-5;1-5-7-3-6(4-9)8(5)2;1-5-3-6(4-9)8(2)7-5;1-7-5(4-8)2-3-6-7/h4,9H,3H2,1-2H3;2*3,9H,4H2,1-2H3;2-3,8H,4H2,1H3. The van der Waals surface area contributed by atoms with Gasteiger partial charge in [0.15, 0.2) is 0 Å². The third-order valence-electron chi connectivity index (χ3n) is 5.24. The van der Waals surface area contributed by atoms with Crippen LogP contribution in [0, 0.1) is 20.8 Å². The Labute approximate surface area is 205 Å². The first kappa shape index (κ1) is 29.7. The molecule has 12 heteroatoms. The summed E-state index contributed by atoms with van der Waals surface area (Å²) in [5.41, 5.74) is 5.28. The summed E-state index contributed by atoms with van der Waals surface area (Å²) < 4.78 is 6.99. The quantitative estimate of drug-likeness (QED) is 0.324. The molecule has 12 nitrogen and oxygen atoms in total. The molecule has 0 aliphatic carbocycles. The highest BCUT2D eigenvalue weighted by Gasteiger charge is 2.00. The molecule has 0 amide bonds. The Kier molecular flexibility index (Phi) is 12.6. The van der Waals surface area contributed by atoms with Crippen molar-refractivity contribution in [3.05, 3.63) is 70.8 Å². The molecule has 0 atom stereocenters. The molecule has 0 spiro atoms. The van der Waals surface area contributed by atoms with E-state index < -0.39 is 0 Å². The molecule has 4 N–H and O–H groups in total. The van der Waals surface area contributed by atoms with E-state index in [1.165, 1.54) is 0 Å². The SMILES string of the molecule is Cc1cc(CO)n(C)n1.Cc1ncc(CO)n1C.Cc1ncn(C)c1CO.Cn1nccc1CO. The molecule has 0 aliphatic heterocycles. The molecule has 4 aromatic heterocycles. The summed E-state index contributed by atoms with van der Waals surface area (Å²) in [6, 6.07) is 3.64. The second-order valence-corrected chi connectivity index (χ2v) is 7.72. The second kappa shape index (κ2) is 14.8. The van der Waals surface area contributed by atoms with Gasteiger partial charge in [0.1, 0.15) is 5.82 Å². The Hall–Kier alpha value is -3.32. The number of aliphatic hydroxyl groups excluding tert-OH is 4. The molecule has 35 heavy (non-hydrogen) atoms. The lowest BCUT2D eigenvalue weighted by Crippen LogP contribution is -1.97. The molecule has 0 aliphatic rings. The first-order valence-corrected chi connectivity index (χ1v) is 10.9. The molecule has 0 bridgehead atoms. The lowest BCUT2D eigenvalue weighted by atomic mass is 10.4. The topological polar surface area (TPSA) is 152 Å². The Morgan fingerprint density at radius 1 is 0.771 bits per heavy atom. The number of rotatable bonds is 4. The molecule has 0 unspecified atom stereocenters. The lowest BCUT2D eigenvalue weighted by Gasteiger charge is -1.96. The molecule has 194 valence electrons. The maximum Gasteiger partial charge on any atom is 0.105 e. The van der Waals surface area contributed by atoms with Crippen LogP contribution in [0.15, 0.2) is 30.9 Å². The van der Waals surface area contributed by atoms with Crippen LogP contribution >= 0.6 is 0 Å². The summed E-state index contributed by atoms with van der Waals surface area (Å²) in [4.78, 5) is 7.98. The van der Waals surface area contributed by atoms with Crippen molar-refractivity contribution in [1.82, 2.24) is 38.7 Å². The van der Waals surface area contributed by atoms with Gasteiger partial charge in [-0.2, -0.15) is 10.2 Å². The average Bonchev–Trinajstić information content (AvgIpc) is 3.58. The Balaban J connectivity index is 0.000000234. The fourth-order valence-corrected chi connectivity index (χ4v) is 2.86. The molecule has 0 fully saturated rings. The first-order valence-electron chi connectivity index (χ1n) is 10.9. The van der Waals surface area contributed by atoms with Crippen LogP contribution in [0.5, 0.6) is 0 Å². The monoisotopic (exact) mass is 490 g/mol. The van der Waals surface area contributed by atoms with Crippen molar-refractivity contribution < 1.29 is 20.4 Å². The van der Waals surface area contributed by atoms with Crippen molar-refractivity contribution in [2.24, 2.45) is 28.2 Å². The highest BCUT2D eigenvalue weighted by atomic mass is 16.3. The minimum atomic E-state index is 0.0660. The third-order valence-corrected chi connectivity index (χ3v) is 5.24. The predicted molar refractivity (Wildman–Crippen MR) is 131 cm³/mol. The summed E-state index contributed by atoms with van der Waals surface area (Å²) in [7, 11) is 7.36. The molecule has 0 saturated carbocycles. The van der Waals surface area contributed by atoms with E-state index in [0.717, 1.165) is 40.0 Å². The van der Waals surface area contributed by atoms with Gasteiger partial charge in [0.05, 0.1) is 73.1 Å². The van der Waals surface area contributed by atoms with E-state index in [1.54, 1.807) is 41.2 Å². The van der Waals surface area contributed by atoms with Crippen LogP contribution in [-0.2, 0) is 54.6 Å². The van der Waals surface area contributed by atoms with E-state index in [4.69, 9.17) is 20.4 Å². The van der Waals surface area contributed by atoms with Crippen LogP contribution in [0.2, 0.25) is 0 Å². The van der Waals surface area contributed by atoms with Crippen LogP contribution < -0.4 is 0 Å². The van der Waals surface area contributed by atoms with Crippen LogP contribution in [-0.4, -0.2) is 59.1 Å². The molecule has 4 rings (SSSR count). The molecular formula is C23H38N8O4. The fraction of sp³-hybridized carbons (Fsp3) is 0.478. The number of imidazole rings is 2. The number of hydrogen-bond donors (Lipinski definition) is 4. The number of aliphatic hydroxyl groups is 4. The van der Waals surface area contributed by atoms with E-state index >= 15 is 0 Å². The van der Waals surface area contributed by atoms with E-state index in [1.807, 2.05) is 57.1 Å². The highest BCUT2D eigenvalue weighted by molar-refractivity contribution is 5.09. The Bertz CT molecular complexity index is 1120. The zero-order chi connectivity index (χ0) is 26.5. The van der Waals surface area contributed by atoms with Crippen LogP contribution in [0.3, 0.4) is 0 Å². The van der Waals surface area contributed by atoms with Crippen molar-refractivity contribution in [2.45, 2.75) is 47.2 Å². The van der Waals surface area contributed by atoms with Gasteiger partial charge in [-0.25, -0.2) is 9.97 Å². The van der Waals surface area contributed by atoms with Gasteiger partial charge < -0.3 is 29.6 Å². The highest BCUT2D eigenvalue weighted by Crippen LogP contribution is 2.02. The summed E-state index contributed by atoms with van der Waals surface area (Å²) in [5, 5.41) is 42.5. The summed E-state index contributed by atoms with van der Waals surface area (Å²) in [5.74, 6) is 0.930. The third kappa shape index (κ3) is 9.09. The van der Waals surface area contributed by atoms with Crippen molar-refractivity contribution >= 4 is 0 Å². The smallest absolute Gasteiger partial charge is 0.105 e. The summed E-state index contributed by atoms with van der Waals surface area (Å²) >= 11 is 0. The van der Waals surface area contributed by atoms with Gasteiger partial charge in [0.2, 0.25) is 0 Å². The average molecular weight is 491 g/mol. The van der Waals surface area contributed by atoms with Crippen molar-refractivity contribution in [3.8, 4) is 0 Å². The normalized spacial score (nSPS) is 10.0. The van der Waals surface area contributed by atoms with E-state index in [-0.39, 0.29) is 26.4 Å². The van der Waals surface area contributed by atoms with E-state index in [0.29, 0.717) is 0 Å². The van der Waals surface area contributed by atoms with Gasteiger partial charge in [-0.15, -0.1) is 0 Å². The first-order chi connectivity index (χ1) is 16.6. The maximum absolute atomic E-state index is 8.73. The molecule has 4 heterocycles. The summed E-state index contributed by atoms with van der Waals surface area (Å²) in [6.45, 7) is 5.96. The van der Waals surface area contributed by atoms with Crippen molar-refractivity contribution in [1.29, 1.82) is 0 Å². The van der Waals surface area contributed by atoms with Gasteiger partial charge in [-0.05, 0) is 32.9 Å². The zero-order valence-corrected chi connectivity index (χ0v) is 21.6. The molecular weight excluding hydrogens is 452 g/mol. The van der Waals surface area contributed by atoms with Crippen molar-refractivity contribution in [3.63, 3.8) is 0 Å². The van der Waals surface area contributed by atoms with Gasteiger partial charge in [-0.1, -0.05) is 0 Å². The van der Waals surface area contributed by atoms with Crippen LogP contribution in [0.25, 0.3) is 0 Å². The lowest BCUT2D eigenvalue weighted by molar-refractivity contribution is 0.270. The number of hydrogen-bond acceptors (Lipinski definition) is 8. The molecule has 0 radical (unpaired) electrons. The Morgan fingerprint density at radius 2 is 1.40 bits per heavy atom. The minimum Gasteiger partial charge on any atom is -0.390 e. The maximum atomic E-state index is 8.73. The van der Waals surface area contributed by atoms with Gasteiger partial charge >= 0.3 is 0 Å². The minimum absolute atomic E-state index is 0.0660. The predicted octanol–water partition coefficient (Wildman–Crippen LogP) is 0.575. The fourth-order valence-electron chi connectivity index (χ4n) is 2.86. The number of nitrogens with zero attached hydrogens (tertiary/aromatic N) is 8.